The van der Waals surface area contributed by atoms with E-state index in [2.05, 4.69) is 9.97 Å². The Hall–Kier alpha value is -2.42. The van der Waals surface area contributed by atoms with Gasteiger partial charge in [0, 0.05) is 29.5 Å². The van der Waals surface area contributed by atoms with Crippen molar-refractivity contribution in [3.63, 3.8) is 0 Å². The van der Waals surface area contributed by atoms with Crippen LogP contribution in [0, 0.1) is 0 Å². The molecular formula is C14H10N2O. The molecule has 82 valence electrons. The minimum absolute atomic E-state index is 0.170. The maximum atomic E-state index is 9.47. The van der Waals surface area contributed by atoms with E-state index in [9.17, 15) is 5.11 Å². The number of hydrogen-bond acceptors (Lipinski definition) is 3. The van der Waals surface area contributed by atoms with E-state index in [-0.39, 0.29) is 5.75 Å². The van der Waals surface area contributed by atoms with Gasteiger partial charge in [0.15, 0.2) is 0 Å². The second-order valence-corrected chi connectivity index (χ2v) is 3.83. The Labute approximate surface area is 98.4 Å². The molecule has 0 spiro atoms. The molecule has 0 fully saturated rings. The van der Waals surface area contributed by atoms with Crippen LogP contribution in [0.4, 0.5) is 0 Å². The van der Waals surface area contributed by atoms with Crippen molar-refractivity contribution < 1.29 is 5.11 Å². The van der Waals surface area contributed by atoms with Crippen molar-refractivity contribution in [3.8, 4) is 16.9 Å². The highest BCUT2D eigenvalue weighted by Gasteiger charge is 2.04. The zero-order chi connectivity index (χ0) is 11.7. The number of fused-ring (bicyclic) bond motifs is 1. The second kappa shape index (κ2) is 3.87. The Morgan fingerprint density at radius 1 is 0.941 bits per heavy atom. The Balaban J connectivity index is 2.30. The fraction of sp³-hybridized carbons (Fsp3) is 0. The van der Waals surface area contributed by atoms with Crippen LogP contribution in [-0.4, -0.2) is 15.1 Å². The number of aromatic nitrogens is 2. The minimum Gasteiger partial charge on any atom is -0.506 e. The van der Waals surface area contributed by atoms with E-state index in [4.69, 9.17) is 0 Å². The molecule has 0 aliphatic carbocycles. The lowest BCUT2D eigenvalue weighted by Crippen LogP contribution is -1.83. The molecule has 0 atom stereocenters. The van der Waals surface area contributed by atoms with Gasteiger partial charge in [0.1, 0.15) is 5.75 Å². The standard InChI is InChI=1S/C14H10N2O/c17-12-6-11(7-16-8-12)13-3-1-2-10-4-5-15-9-14(10)13/h1-9,17H. The lowest BCUT2D eigenvalue weighted by molar-refractivity contribution is 0.473. The quantitative estimate of drug-likeness (QED) is 0.688. The monoisotopic (exact) mass is 222 g/mol. The smallest absolute Gasteiger partial charge is 0.134 e. The number of rotatable bonds is 1. The highest BCUT2D eigenvalue weighted by atomic mass is 16.3. The third kappa shape index (κ3) is 1.72. The predicted molar refractivity (Wildman–Crippen MR) is 66.6 cm³/mol. The summed E-state index contributed by atoms with van der Waals surface area (Å²) in [5.41, 5.74) is 1.92. The summed E-state index contributed by atoms with van der Waals surface area (Å²) in [4.78, 5) is 8.14. The molecule has 0 aliphatic rings. The lowest BCUT2D eigenvalue weighted by atomic mass is 10.0. The first-order valence-corrected chi connectivity index (χ1v) is 5.32. The average Bonchev–Trinajstić information content (AvgIpc) is 2.38. The van der Waals surface area contributed by atoms with Crippen molar-refractivity contribution in [2.24, 2.45) is 0 Å². The van der Waals surface area contributed by atoms with E-state index in [0.717, 1.165) is 21.9 Å². The normalized spacial score (nSPS) is 10.6. The third-order valence-electron chi connectivity index (χ3n) is 2.72. The van der Waals surface area contributed by atoms with Crippen LogP contribution in [-0.2, 0) is 0 Å². The van der Waals surface area contributed by atoms with Crippen LogP contribution in [0.25, 0.3) is 21.9 Å². The Kier molecular flexibility index (Phi) is 2.22. The van der Waals surface area contributed by atoms with Crippen LogP contribution in [0.5, 0.6) is 5.75 Å². The molecule has 3 aromatic rings. The predicted octanol–water partition coefficient (Wildman–Crippen LogP) is 3.00. The number of nitrogens with zero attached hydrogens (tertiary/aromatic N) is 2. The van der Waals surface area contributed by atoms with Crippen molar-refractivity contribution in [3.05, 3.63) is 55.1 Å². The molecule has 1 aromatic carbocycles. The van der Waals surface area contributed by atoms with Crippen LogP contribution in [0.1, 0.15) is 0 Å². The highest BCUT2D eigenvalue weighted by molar-refractivity contribution is 5.95. The fourth-order valence-corrected chi connectivity index (χ4v) is 1.94. The van der Waals surface area contributed by atoms with Crippen LogP contribution in [0.2, 0.25) is 0 Å². The number of hydrogen-bond donors (Lipinski definition) is 1. The zero-order valence-corrected chi connectivity index (χ0v) is 9.04. The van der Waals surface area contributed by atoms with Gasteiger partial charge in [0.25, 0.3) is 0 Å². The number of pyridine rings is 2. The SMILES string of the molecule is Oc1cncc(-c2cccc3ccncc23)c1. The highest BCUT2D eigenvalue weighted by Crippen LogP contribution is 2.28. The Morgan fingerprint density at radius 3 is 2.76 bits per heavy atom. The summed E-state index contributed by atoms with van der Waals surface area (Å²) in [5.74, 6) is 0.170. The van der Waals surface area contributed by atoms with Crippen molar-refractivity contribution in [2.75, 3.05) is 0 Å². The molecule has 3 heteroatoms. The van der Waals surface area contributed by atoms with Crippen LogP contribution >= 0.6 is 0 Å². The maximum absolute atomic E-state index is 9.47. The van der Waals surface area contributed by atoms with Crippen molar-refractivity contribution in [1.29, 1.82) is 0 Å². The Bertz CT molecular complexity index is 674. The Morgan fingerprint density at radius 2 is 1.88 bits per heavy atom. The van der Waals surface area contributed by atoms with E-state index < -0.39 is 0 Å². The molecule has 3 rings (SSSR count). The van der Waals surface area contributed by atoms with Crippen LogP contribution < -0.4 is 0 Å². The van der Waals surface area contributed by atoms with Crippen molar-refractivity contribution in [2.45, 2.75) is 0 Å². The minimum atomic E-state index is 0.170. The van der Waals surface area contributed by atoms with Gasteiger partial charge in [-0.2, -0.15) is 0 Å². The zero-order valence-electron chi connectivity index (χ0n) is 9.04. The summed E-state index contributed by atoms with van der Waals surface area (Å²) in [6, 6.07) is 9.70. The molecule has 0 unspecified atom stereocenters. The molecule has 1 N–H and O–H groups in total. The van der Waals surface area contributed by atoms with Gasteiger partial charge >= 0.3 is 0 Å². The summed E-state index contributed by atoms with van der Waals surface area (Å²) in [5, 5.41) is 11.7. The number of aromatic hydroxyl groups is 1. The van der Waals surface area contributed by atoms with Gasteiger partial charge in [0.05, 0.1) is 6.20 Å². The van der Waals surface area contributed by atoms with Crippen molar-refractivity contribution >= 4 is 10.8 Å². The first kappa shape index (κ1) is 9.78. The number of benzene rings is 1. The maximum Gasteiger partial charge on any atom is 0.134 e. The molecule has 0 saturated heterocycles. The molecule has 0 bridgehead atoms. The third-order valence-corrected chi connectivity index (χ3v) is 2.72. The van der Waals surface area contributed by atoms with Gasteiger partial charge in [-0.25, -0.2) is 0 Å². The van der Waals surface area contributed by atoms with Gasteiger partial charge in [-0.15, -0.1) is 0 Å². The van der Waals surface area contributed by atoms with Gasteiger partial charge in [0.2, 0.25) is 0 Å². The molecule has 0 radical (unpaired) electrons. The molecular weight excluding hydrogens is 212 g/mol. The van der Waals surface area contributed by atoms with Gasteiger partial charge in [-0.05, 0) is 23.1 Å². The van der Waals surface area contributed by atoms with E-state index in [1.807, 2.05) is 30.5 Å². The largest absolute Gasteiger partial charge is 0.506 e. The topological polar surface area (TPSA) is 46.0 Å². The molecule has 0 saturated carbocycles. The molecule has 2 heterocycles. The van der Waals surface area contributed by atoms with E-state index in [1.54, 1.807) is 18.5 Å². The summed E-state index contributed by atoms with van der Waals surface area (Å²) >= 11 is 0. The van der Waals surface area contributed by atoms with Gasteiger partial charge in [-0.1, -0.05) is 18.2 Å². The second-order valence-electron chi connectivity index (χ2n) is 3.83. The average molecular weight is 222 g/mol. The van der Waals surface area contributed by atoms with Crippen LogP contribution in [0.15, 0.2) is 55.1 Å². The van der Waals surface area contributed by atoms with E-state index in [1.165, 1.54) is 6.20 Å². The molecule has 2 aromatic heterocycles. The summed E-state index contributed by atoms with van der Waals surface area (Å²) < 4.78 is 0. The lowest BCUT2D eigenvalue weighted by Gasteiger charge is -2.06. The van der Waals surface area contributed by atoms with Crippen LogP contribution in [0.3, 0.4) is 0 Å². The van der Waals surface area contributed by atoms with E-state index >= 15 is 0 Å². The fourth-order valence-electron chi connectivity index (χ4n) is 1.94. The molecule has 17 heavy (non-hydrogen) atoms. The molecule has 0 amide bonds. The summed E-state index contributed by atoms with van der Waals surface area (Å²) in [6.07, 6.45) is 6.76. The van der Waals surface area contributed by atoms with Crippen molar-refractivity contribution in [1.82, 2.24) is 9.97 Å². The molecule has 3 nitrogen and oxygen atoms in total. The summed E-state index contributed by atoms with van der Waals surface area (Å²) in [7, 11) is 0. The summed E-state index contributed by atoms with van der Waals surface area (Å²) in [6.45, 7) is 0. The van der Waals surface area contributed by atoms with Gasteiger partial charge < -0.3 is 5.11 Å². The first-order valence-electron chi connectivity index (χ1n) is 5.32. The first-order chi connectivity index (χ1) is 8.34. The van der Waals surface area contributed by atoms with E-state index in [0.29, 0.717) is 0 Å². The molecule has 0 aliphatic heterocycles. The van der Waals surface area contributed by atoms with Gasteiger partial charge in [-0.3, -0.25) is 9.97 Å².